The zero-order chi connectivity index (χ0) is 20.5. The van der Waals surface area contributed by atoms with Gasteiger partial charge in [-0.25, -0.2) is 9.97 Å². The standard InChI is InChI=1S/C20H22N8OS/c1-26-6-3-7-28(9-8-26)17-5-4-14(10-21-17)18-24-19(29-25-18)16-13-30-20(23-16)15-11-22-27(2)12-15/h4-5,10-13H,3,6-9H2,1-2H3. The van der Waals surface area contributed by atoms with Gasteiger partial charge in [0.05, 0.1) is 6.20 Å². The lowest BCUT2D eigenvalue weighted by Gasteiger charge is -2.21. The molecule has 10 heteroatoms. The van der Waals surface area contributed by atoms with Crippen molar-refractivity contribution in [3.8, 4) is 33.5 Å². The molecule has 0 amide bonds. The second-order valence-corrected chi connectivity index (χ2v) is 8.27. The van der Waals surface area contributed by atoms with Gasteiger partial charge >= 0.3 is 0 Å². The van der Waals surface area contributed by atoms with Gasteiger partial charge in [0.1, 0.15) is 16.5 Å². The first-order valence-electron chi connectivity index (χ1n) is 9.84. The molecule has 30 heavy (non-hydrogen) atoms. The van der Waals surface area contributed by atoms with Gasteiger partial charge in [0.15, 0.2) is 0 Å². The zero-order valence-electron chi connectivity index (χ0n) is 16.9. The third-order valence-corrected chi connectivity index (χ3v) is 6.04. The van der Waals surface area contributed by atoms with Gasteiger partial charge in [0, 0.05) is 55.6 Å². The van der Waals surface area contributed by atoms with Crippen molar-refractivity contribution in [2.75, 3.05) is 38.1 Å². The van der Waals surface area contributed by atoms with Crippen molar-refractivity contribution in [3.05, 3.63) is 36.1 Å². The normalized spacial score (nSPS) is 15.5. The number of anilines is 1. The first-order chi connectivity index (χ1) is 14.7. The fourth-order valence-electron chi connectivity index (χ4n) is 3.46. The van der Waals surface area contributed by atoms with Crippen LogP contribution in [0.15, 0.2) is 40.6 Å². The van der Waals surface area contributed by atoms with Crippen molar-refractivity contribution >= 4 is 17.2 Å². The van der Waals surface area contributed by atoms with Crippen molar-refractivity contribution in [2.45, 2.75) is 6.42 Å². The maximum absolute atomic E-state index is 5.45. The fraction of sp³-hybridized carbons (Fsp3) is 0.350. The van der Waals surface area contributed by atoms with Gasteiger partial charge in [0.25, 0.3) is 5.89 Å². The molecule has 4 aromatic rings. The highest BCUT2D eigenvalue weighted by Crippen LogP contribution is 2.29. The van der Waals surface area contributed by atoms with E-state index in [0.29, 0.717) is 17.4 Å². The summed E-state index contributed by atoms with van der Waals surface area (Å²) in [6.07, 6.45) is 6.67. The fourth-order valence-corrected chi connectivity index (χ4v) is 4.23. The largest absolute Gasteiger partial charge is 0.355 e. The van der Waals surface area contributed by atoms with E-state index in [9.17, 15) is 0 Å². The minimum atomic E-state index is 0.399. The maximum atomic E-state index is 5.45. The van der Waals surface area contributed by atoms with E-state index in [0.717, 1.165) is 54.6 Å². The monoisotopic (exact) mass is 422 g/mol. The molecule has 0 saturated carbocycles. The van der Waals surface area contributed by atoms with Gasteiger partial charge in [-0.05, 0) is 32.1 Å². The van der Waals surface area contributed by atoms with Crippen LogP contribution in [0.2, 0.25) is 0 Å². The molecule has 4 aromatic heterocycles. The number of aromatic nitrogens is 6. The molecule has 1 saturated heterocycles. The predicted molar refractivity (Wildman–Crippen MR) is 115 cm³/mol. The Hall–Kier alpha value is -3.11. The van der Waals surface area contributed by atoms with E-state index >= 15 is 0 Å². The van der Waals surface area contributed by atoms with E-state index in [2.05, 4.69) is 42.1 Å². The number of hydrogen-bond acceptors (Lipinski definition) is 9. The van der Waals surface area contributed by atoms with Crippen LogP contribution in [0.1, 0.15) is 6.42 Å². The highest BCUT2D eigenvalue weighted by Gasteiger charge is 2.17. The quantitative estimate of drug-likeness (QED) is 0.496. The van der Waals surface area contributed by atoms with Crippen LogP contribution in [0.25, 0.3) is 33.5 Å². The van der Waals surface area contributed by atoms with E-state index in [1.54, 1.807) is 17.1 Å². The van der Waals surface area contributed by atoms with Crippen LogP contribution >= 0.6 is 11.3 Å². The second-order valence-electron chi connectivity index (χ2n) is 7.41. The molecule has 0 spiro atoms. The van der Waals surface area contributed by atoms with Crippen molar-refractivity contribution in [1.29, 1.82) is 0 Å². The molecule has 0 unspecified atom stereocenters. The first-order valence-corrected chi connectivity index (χ1v) is 10.7. The number of hydrogen-bond donors (Lipinski definition) is 0. The molecule has 154 valence electrons. The Morgan fingerprint density at radius 2 is 1.93 bits per heavy atom. The van der Waals surface area contributed by atoms with E-state index in [-0.39, 0.29) is 0 Å². The zero-order valence-corrected chi connectivity index (χ0v) is 17.7. The summed E-state index contributed by atoms with van der Waals surface area (Å²) in [5, 5.41) is 11.1. The molecule has 0 aliphatic carbocycles. The number of nitrogens with zero attached hydrogens (tertiary/aromatic N) is 8. The number of rotatable bonds is 4. The summed E-state index contributed by atoms with van der Waals surface area (Å²) >= 11 is 1.52. The average molecular weight is 423 g/mol. The van der Waals surface area contributed by atoms with Crippen LogP contribution in [-0.2, 0) is 7.05 Å². The van der Waals surface area contributed by atoms with Gasteiger partial charge in [-0.1, -0.05) is 5.16 Å². The Morgan fingerprint density at radius 1 is 1.00 bits per heavy atom. The summed E-state index contributed by atoms with van der Waals surface area (Å²) < 4.78 is 7.20. The Labute approximate surface area is 178 Å². The Kier molecular flexibility index (Phi) is 5.01. The summed E-state index contributed by atoms with van der Waals surface area (Å²) in [5.74, 6) is 1.89. The third kappa shape index (κ3) is 3.83. The lowest BCUT2D eigenvalue weighted by molar-refractivity contribution is 0.360. The lowest BCUT2D eigenvalue weighted by atomic mass is 10.2. The molecule has 0 atom stereocenters. The highest BCUT2D eigenvalue weighted by molar-refractivity contribution is 7.13. The maximum Gasteiger partial charge on any atom is 0.277 e. The Balaban J connectivity index is 1.32. The van der Waals surface area contributed by atoms with Crippen molar-refractivity contribution in [1.82, 2.24) is 34.8 Å². The van der Waals surface area contributed by atoms with Crippen molar-refractivity contribution < 1.29 is 4.52 Å². The molecular weight excluding hydrogens is 400 g/mol. The van der Waals surface area contributed by atoms with E-state index in [4.69, 9.17) is 4.52 Å². The minimum absolute atomic E-state index is 0.399. The lowest BCUT2D eigenvalue weighted by Crippen LogP contribution is -2.29. The Bertz CT molecular complexity index is 1130. The first kappa shape index (κ1) is 18.9. The van der Waals surface area contributed by atoms with Crippen molar-refractivity contribution in [3.63, 3.8) is 0 Å². The van der Waals surface area contributed by atoms with Crippen LogP contribution in [0.3, 0.4) is 0 Å². The summed E-state index contributed by atoms with van der Waals surface area (Å²) in [4.78, 5) is 18.4. The predicted octanol–water partition coefficient (Wildman–Crippen LogP) is 2.80. The summed E-state index contributed by atoms with van der Waals surface area (Å²) in [6, 6.07) is 4.02. The van der Waals surface area contributed by atoms with Gasteiger partial charge in [-0.2, -0.15) is 10.1 Å². The van der Waals surface area contributed by atoms with Crippen LogP contribution < -0.4 is 4.90 Å². The number of aryl methyl sites for hydroxylation is 1. The van der Waals surface area contributed by atoms with Gasteiger partial charge in [-0.3, -0.25) is 4.68 Å². The Morgan fingerprint density at radius 3 is 2.73 bits per heavy atom. The SMILES string of the molecule is CN1CCCN(c2ccc(-c3noc(-c4csc(-c5cnn(C)c5)n4)n3)cn2)CC1. The van der Waals surface area contributed by atoms with Crippen molar-refractivity contribution in [2.24, 2.45) is 7.05 Å². The number of pyridine rings is 1. The van der Waals surface area contributed by atoms with E-state index < -0.39 is 0 Å². The molecule has 9 nitrogen and oxygen atoms in total. The molecule has 5 rings (SSSR count). The minimum Gasteiger partial charge on any atom is -0.355 e. The second kappa shape index (κ2) is 7.96. The molecule has 0 radical (unpaired) electrons. The molecule has 0 N–H and O–H groups in total. The van der Waals surface area contributed by atoms with E-state index in [1.807, 2.05) is 30.8 Å². The van der Waals surface area contributed by atoms with Gasteiger partial charge in [0.2, 0.25) is 5.82 Å². The molecule has 5 heterocycles. The molecular formula is C20H22N8OS. The summed E-state index contributed by atoms with van der Waals surface area (Å²) in [5.41, 5.74) is 2.45. The highest BCUT2D eigenvalue weighted by atomic mass is 32.1. The molecule has 0 bridgehead atoms. The molecule has 0 aromatic carbocycles. The van der Waals surface area contributed by atoms with E-state index in [1.165, 1.54) is 11.3 Å². The summed E-state index contributed by atoms with van der Waals surface area (Å²) in [6.45, 7) is 4.18. The smallest absolute Gasteiger partial charge is 0.277 e. The third-order valence-electron chi connectivity index (χ3n) is 5.15. The van der Waals surface area contributed by atoms with Gasteiger partial charge < -0.3 is 14.3 Å². The molecule has 1 fully saturated rings. The van der Waals surface area contributed by atoms with Crippen LogP contribution in [0.5, 0.6) is 0 Å². The average Bonchev–Trinajstić information content (AvgIpc) is 3.48. The van der Waals surface area contributed by atoms with Crippen LogP contribution in [0.4, 0.5) is 5.82 Å². The number of likely N-dealkylation sites (N-methyl/N-ethyl adjacent to an activating group) is 1. The van der Waals surface area contributed by atoms with Gasteiger partial charge in [-0.15, -0.1) is 11.3 Å². The van der Waals surface area contributed by atoms with Crippen LogP contribution in [-0.4, -0.2) is 68.0 Å². The molecule has 1 aliphatic rings. The van der Waals surface area contributed by atoms with Crippen LogP contribution in [0, 0.1) is 0 Å². The number of thiazole rings is 1. The summed E-state index contributed by atoms with van der Waals surface area (Å²) in [7, 11) is 4.04. The topological polar surface area (TPSA) is 89.0 Å². The molecule has 1 aliphatic heterocycles.